The second kappa shape index (κ2) is 6.90. The van der Waals surface area contributed by atoms with E-state index in [2.05, 4.69) is 21.2 Å². The van der Waals surface area contributed by atoms with Crippen molar-refractivity contribution >= 4 is 39.3 Å². The van der Waals surface area contributed by atoms with Crippen LogP contribution in [0, 0.1) is 0 Å². The molecule has 0 aliphatic carbocycles. The Bertz CT molecular complexity index is 313. The van der Waals surface area contributed by atoms with Gasteiger partial charge in [0, 0.05) is 23.2 Å². The van der Waals surface area contributed by atoms with Crippen LogP contribution in [0.25, 0.3) is 0 Å². The van der Waals surface area contributed by atoms with Crippen molar-refractivity contribution in [3.63, 3.8) is 0 Å². The lowest BCUT2D eigenvalue weighted by molar-refractivity contribution is -0.115. The average Bonchev–Trinajstić information content (AvgIpc) is 2.27. The number of halogens is 1. The lowest BCUT2D eigenvalue weighted by atomic mass is 10.2. The van der Waals surface area contributed by atoms with E-state index in [9.17, 15) is 4.79 Å². The molecule has 1 amide bonds. The SMILES string of the molecule is CSCCC(=O)Nc1ccc(CBr)cc1. The lowest BCUT2D eigenvalue weighted by Gasteiger charge is -2.04. The predicted molar refractivity (Wildman–Crippen MR) is 70.7 cm³/mol. The number of thioether (sulfide) groups is 1. The predicted octanol–water partition coefficient (Wildman–Crippen LogP) is 3.27. The zero-order valence-electron chi connectivity index (χ0n) is 8.63. The monoisotopic (exact) mass is 287 g/mol. The van der Waals surface area contributed by atoms with E-state index in [1.165, 1.54) is 5.56 Å². The van der Waals surface area contributed by atoms with E-state index < -0.39 is 0 Å². The molecular formula is C11H14BrNOS. The molecule has 0 heterocycles. The minimum absolute atomic E-state index is 0.0796. The van der Waals surface area contributed by atoms with Crippen LogP contribution >= 0.6 is 27.7 Å². The molecule has 1 aromatic rings. The number of amides is 1. The number of hydrogen-bond donors (Lipinski definition) is 1. The Morgan fingerprint density at radius 1 is 1.40 bits per heavy atom. The first-order valence-corrected chi connectivity index (χ1v) is 7.21. The van der Waals surface area contributed by atoms with Gasteiger partial charge in [-0.15, -0.1) is 0 Å². The van der Waals surface area contributed by atoms with Gasteiger partial charge in [0.25, 0.3) is 0 Å². The van der Waals surface area contributed by atoms with Gasteiger partial charge in [-0.25, -0.2) is 0 Å². The highest BCUT2D eigenvalue weighted by atomic mass is 79.9. The summed E-state index contributed by atoms with van der Waals surface area (Å²) < 4.78 is 0. The fraction of sp³-hybridized carbons (Fsp3) is 0.364. The van der Waals surface area contributed by atoms with Crippen LogP contribution in [0.3, 0.4) is 0 Å². The number of benzene rings is 1. The van der Waals surface area contributed by atoms with Crippen molar-refractivity contribution in [1.82, 2.24) is 0 Å². The van der Waals surface area contributed by atoms with Crippen molar-refractivity contribution in [2.75, 3.05) is 17.3 Å². The summed E-state index contributed by atoms with van der Waals surface area (Å²) in [5.74, 6) is 0.946. The summed E-state index contributed by atoms with van der Waals surface area (Å²) in [5.41, 5.74) is 2.07. The highest BCUT2D eigenvalue weighted by Crippen LogP contribution is 2.12. The zero-order chi connectivity index (χ0) is 11.1. The molecule has 2 nitrogen and oxygen atoms in total. The molecule has 0 aromatic heterocycles. The fourth-order valence-corrected chi connectivity index (χ4v) is 1.86. The molecule has 82 valence electrons. The second-order valence-electron chi connectivity index (χ2n) is 3.12. The molecule has 1 rings (SSSR count). The molecule has 0 aliphatic heterocycles. The molecule has 1 aromatic carbocycles. The van der Waals surface area contributed by atoms with E-state index in [1.54, 1.807) is 11.8 Å². The van der Waals surface area contributed by atoms with Crippen LogP contribution in [0.15, 0.2) is 24.3 Å². The highest BCUT2D eigenvalue weighted by Gasteiger charge is 2.01. The third-order valence-electron chi connectivity index (χ3n) is 1.93. The molecule has 0 spiro atoms. The minimum atomic E-state index is 0.0796. The third kappa shape index (κ3) is 4.71. The van der Waals surface area contributed by atoms with Gasteiger partial charge >= 0.3 is 0 Å². The van der Waals surface area contributed by atoms with E-state index in [0.717, 1.165) is 16.8 Å². The van der Waals surface area contributed by atoms with Crippen LogP contribution < -0.4 is 5.32 Å². The fourth-order valence-electron chi connectivity index (χ4n) is 1.10. The van der Waals surface area contributed by atoms with Crippen molar-refractivity contribution in [3.05, 3.63) is 29.8 Å². The molecule has 0 bridgehead atoms. The van der Waals surface area contributed by atoms with E-state index >= 15 is 0 Å². The molecule has 0 radical (unpaired) electrons. The maximum Gasteiger partial charge on any atom is 0.225 e. The Hall–Kier alpha value is -0.480. The Morgan fingerprint density at radius 2 is 2.07 bits per heavy atom. The number of hydrogen-bond acceptors (Lipinski definition) is 2. The number of anilines is 1. The van der Waals surface area contributed by atoms with Gasteiger partial charge < -0.3 is 5.32 Å². The van der Waals surface area contributed by atoms with Crippen LogP contribution in [-0.4, -0.2) is 17.9 Å². The van der Waals surface area contributed by atoms with E-state index in [4.69, 9.17) is 0 Å². The molecule has 15 heavy (non-hydrogen) atoms. The summed E-state index contributed by atoms with van der Waals surface area (Å²) >= 11 is 5.06. The Morgan fingerprint density at radius 3 is 2.60 bits per heavy atom. The number of carbonyl (C=O) groups is 1. The maximum absolute atomic E-state index is 11.4. The molecule has 1 N–H and O–H groups in total. The van der Waals surface area contributed by atoms with Gasteiger partial charge in [0.1, 0.15) is 0 Å². The van der Waals surface area contributed by atoms with Crippen LogP contribution in [0.4, 0.5) is 5.69 Å². The first kappa shape index (κ1) is 12.6. The Kier molecular flexibility index (Phi) is 5.79. The molecule has 0 atom stereocenters. The number of nitrogens with one attached hydrogen (secondary N) is 1. The Labute approximate surface area is 103 Å². The van der Waals surface area contributed by atoms with E-state index in [1.807, 2.05) is 30.5 Å². The maximum atomic E-state index is 11.4. The molecule has 0 fully saturated rings. The van der Waals surface area contributed by atoms with Crippen molar-refractivity contribution in [1.29, 1.82) is 0 Å². The van der Waals surface area contributed by atoms with Crippen LogP contribution in [-0.2, 0) is 10.1 Å². The molecule has 0 saturated heterocycles. The number of alkyl halides is 1. The molecule has 0 unspecified atom stereocenters. The van der Waals surface area contributed by atoms with Crippen molar-refractivity contribution in [2.45, 2.75) is 11.8 Å². The molecule has 4 heteroatoms. The smallest absolute Gasteiger partial charge is 0.225 e. The average molecular weight is 288 g/mol. The summed E-state index contributed by atoms with van der Waals surface area (Å²) in [5, 5.41) is 3.70. The second-order valence-corrected chi connectivity index (χ2v) is 4.67. The first-order chi connectivity index (χ1) is 7.26. The van der Waals surface area contributed by atoms with Crippen LogP contribution in [0.1, 0.15) is 12.0 Å². The first-order valence-electron chi connectivity index (χ1n) is 4.70. The van der Waals surface area contributed by atoms with Crippen molar-refractivity contribution in [3.8, 4) is 0 Å². The van der Waals surface area contributed by atoms with Gasteiger partial charge in [0.15, 0.2) is 0 Å². The van der Waals surface area contributed by atoms with Crippen molar-refractivity contribution < 1.29 is 4.79 Å². The summed E-state index contributed by atoms with van der Waals surface area (Å²) in [4.78, 5) is 11.4. The topological polar surface area (TPSA) is 29.1 Å². The van der Waals surface area contributed by atoms with Gasteiger partial charge in [-0.1, -0.05) is 28.1 Å². The van der Waals surface area contributed by atoms with Crippen LogP contribution in [0.5, 0.6) is 0 Å². The highest BCUT2D eigenvalue weighted by molar-refractivity contribution is 9.08. The van der Waals surface area contributed by atoms with Gasteiger partial charge in [-0.05, 0) is 24.0 Å². The van der Waals surface area contributed by atoms with Crippen LogP contribution in [0.2, 0.25) is 0 Å². The quantitative estimate of drug-likeness (QED) is 0.842. The molecular weight excluding hydrogens is 274 g/mol. The van der Waals surface area contributed by atoms with E-state index in [-0.39, 0.29) is 5.91 Å². The largest absolute Gasteiger partial charge is 0.326 e. The van der Waals surface area contributed by atoms with E-state index in [0.29, 0.717) is 6.42 Å². The Balaban J connectivity index is 2.46. The minimum Gasteiger partial charge on any atom is -0.326 e. The number of carbonyl (C=O) groups excluding carboxylic acids is 1. The molecule has 0 aliphatic rings. The summed E-state index contributed by atoms with van der Waals surface area (Å²) in [7, 11) is 0. The summed E-state index contributed by atoms with van der Waals surface area (Å²) in [6.45, 7) is 0. The summed E-state index contributed by atoms with van der Waals surface area (Å²) in [6, 6.07) is 7.85. The molecule has 0 saturated carbocycles. The van der Waals surface area contributed by atoms with Crippen molar-refractivity contribution in [2.24, 2.45) is 0 Å². The standard InChI is InChI=1S/C11H14BrNOS/c1-15-7-6-11(14)13-10-4-2-9(8-12)3-5-10/h2-5H,6-8H2,1H3,(H,13,14). The van der Waals surface area contributed by atoms with Gasteiger partial charge in [0.05, 0.1) is 0 Å². The normalized spacial score (nSPS) is 10.0. The zero-order valence-corrected chi connectivity index (χ0v) is 11.0. The van der Waals surface area contributed by atoms with Gasteiger partial charge in [0.2, 0.25) is 5.91 Å². The van der Waals surface area contributed by atoms with Gasteiger partial charge in [-0.3, -0.25) is 4.79 Å². The number of rotatable bonds is 5. The van der Waals surface area contributed by atoms with Gasteiger partial charge in [-0.2, -0.15) is 11.8 Å². The summed E-state index contributed by atoms with van der Waals surface area (Å²) in [6.07, 6.45) is 2.57. The third-order valence-corrected chi connectivity index (χ3v) is 3.19. The lowest BCUT2D eigenvalue weighted by Crippen LogP contribution is -2.11.